The van der Waals surface area contributed by atoms with Crippen molar-refractivity contribution in [3.63, 3.8) is 0 Å². The van der Waals surface area contributed by atoms with E-state index in [2.05, 4.69) is 20.0 Å². The maximum atomic E-state index is 13.0. The number of halogens is 3. The third-order valence-corrected chi connectivity index (χ3v) is 7.78. The molecule has 2 aliphatic heterocycles. The molecular weight excluding hydrogens is 537 g/mol. The number of H-pyrrole nitrogens is 1. The molecule has 0 bridgehead atoms. The summed E-state index contributed by atoms with van der Waals surface area (Å²) in [7, 11) is 1.49. The van der Waals surface area contributed by atoms with E-state index in [0.29, 0.717) is 47.4 Å². The Bertz CT molecular complexity index is 1350. The Hall–Kier alpha value is -3.29. The molecule has 0 amide bonds. The van der Waals surface area contributed by atoms with Crippen LogP contribution < -0.4 is 20.5 Å². The summed E-state index contributed by atoms with van der Waals surface area (Å²) in [6.07, 6.45) is -2.15. The maximum absolute atomic E-state index is 13.0. The predicted molar refractivity (Wildman–Crippen MR) is 140 cm³/mol. The van der Waals surface area contributed by atoms with Gasteiger partial charge in [-0.05, 0) is 37.1 Å². The second-order valence-corrected chi connectivity index (χ2v) is 10.4. The number of aliphatic imine (C=N–C) groups is 1. The minimum absolute atomic E-state index is 0.0862. The molecule has 0 aliphatic carbocycles. The number of rotatable bonds is 10. The van der Waals surface area contributed by atoms with E-state index >= 15 is 0 Å². The van der Waals surface area contributed by atoms with E-state index in [0.717, 1.165) is 31.6 Å². The smallest absolute Gasteiger partial charge is 0.439 e. The minimum Gasteiger partial charge on any atom is -0.496 e. The lowest BCUT2D eigenvalue weighted by atomic mass is 10.1. The largest absolute Gasteiger partial charge is 0.496 e. The molecule has 1 aromatic heterocycles. The van der Waals surface area contributed by atoms with Crippen molar-refractivity contribution < 1.29 is 31.9 Å². The number of benzene rings is 2. The number of ether oxygens (including phenoxy) is 3. The fraction of sp³-hybridized carbons (Fsp3) is 0.423. The van der Waals surface area contributed by atoms with Gasteiger partial charge in [0, 0.05) is 31.3 Å². The summed E-state index contributed by atoms with van der Waals surface area (Å²) in [4.78, 5) is 18.6. The predicted octanol–water partition coefficient (Wildman–Crippen LogP) is 4.14. The van der Waals surface area contributed by atoms with Crippen molar-refractivity contribution in [2.75, 3.05) is 33.4 Å². The van der Waals surface area contributed by atoms with Gasteiger partial charge >= 0.3 is 11.9 Å². The van der Waals surface area contributed by atoms with Crippen LogP contribution in [0.3, 0.4) is 0 Å². The SMILES string of the molecule is COc1cc(OCC2SC(c3ccc(C(F)(F)F)cc3)=NC2CNC[C@H]2CCCO2)ccc1-c1noc(=O)[nH]1. The van der Waals surface area contributed by atoms with Crippen molar-refractivity contribution in [2.45, 2.75) is 36.4 Å². The first-order valence-corrected chi connectivity index (χ1v) is 13.3. The topological polar surface area (TPSA) is 111 Å². The Morgan fingerprint density at radius 2 is 2.00 bits per heavy atom. The zero-order chi connectivity index (χ0) is 27.4. The normalized spacial score (nSPS) is 21.2. The summed E-state index contributed by atoms with van der Waals surface area (Å²) in [5.74, 6) is 0.541. The molecule has 3 atom stereocenters. The Labute approximate surface area is 226 Å². The number of methoxy groups -OCH3 is 1. The molecule has 2 aromatic carbocycles. The van der Waals surface area contributed by atoms with Crippen LogP contribution in [0.1, 0.15) is 24.0 Å². The first-order chi connectivity index (χ1) is 18.8. The van der Waals surface area contributed by atoms with Crippen LogP contribution in [0.5, 0.6) is 11.5 Å². The number of thioether (sulfide) groups is 1. The Balaban J connectivity index is 1.28. The fourth-order valence-electron chi connectivity index (χ4n) is 4.43. The fourth-order valence-corrected chi connectivity index (χ4v) is 5.64. The van der Waals surface area contributed by atoms with Gasteiger partial charge in [-0.2, -0.15) is 13.2 Å². The number of aromatic amines is 1. The molecule has 5 rings (SSSR count). The number of hydrogen-bond acceptors (Lipinski definition) is 9. The van der Waals surface area contributed by atoms with Gasteiger partial charge in [-0.25, -0.2) is 4.79 Å². The van der Waals surface area contributed by atoms with Crippen molar-refractivity contribution in [3.8, 4) is 22.9 Å². The molecule has 208 valence electrons. The monoisotopic (exact) mass is 564 g/mol. The third kappa shape index (κ3) is 6.65. The van der Waals surface area contributed by atoms with Gasteiger partial charge in [0.05, 0.1) is 40.7 Å². The van der Waals surface area contributed by atoms with E-state index in [1.807, 2.05) is 0 Å². The van der Waals surface area contributed by atoms with Crippen molar-refractivity contribution in [2.24, 2.45) is 4.99 Å². The lowest BCUT2D eigenvalue weighted by Gasteiger charge is -2.20. The zero-order valence-electron chi connectivity index (χ0n) is 21.0. The summed E-state index contributed by atoms with van der Waals surface area (Å²) in [5.41, 5.74) is 0.471. The molecule has 0 saturated carbocycles. The number of nitrogens with one attached hydrogen (secondary N) is 2. The quantitative estimate of drug-likeness (QED) is 0.378. The van der Waals surface area contributed by atoms with Crippen molar-refractivity contribution in [1.29, 1.82) is 0 Å². The highest BCUT2D eigenvalue weighted by atomic mass is 32.2. The summed E-state index contributed by atoms with van der Waals surface area (Å²) in [5, 5.41) is 7.71. The first-order valence-electron chi connectivity index (χ1n) is 12.4. The van der Waals surface area contributed by atoms with Gasteiger partial charge in [0.25, 0.3) is 0 Å². The average Bonchev–Trinajstić information content (AvgIpc) is 3.69. The number of hydrogen-bond donors (Lipinski definition) is 2. The highest BCUT2D eigenvalue weighted by molar-refractivity contribution is 8.15. The minimum atomic E-state index is -4.39. The van der Waals surface area contributed by atoms with Crippen LogP contribution in [0.15, 0.2) is 56.8 Å². The van der Waals surface area contributed by atoms with Crippen LogP contribution >= 0.6 is 11.8 Å². The van der Waals surface area contributed by atoms with E-state index < -0.39 is 17.5 Å². The molecule has 0 spiro atoms. The summed E-state index contributed by atoms with van der Waals surface area (Å²) >= 11 is 1.48. The second-order valence-electron chi connectivity index (χ2n) is 9.14. The number of aromatic nitrogens is 2. The molecule has 9 nitrogen and oxygen atoms in total. The molecule has 2 aliphatic rings. The van der Waals surface area contributed by atoms with E-state index in [-0.39, 0.29) is 23.2 Å². The first kappa shape index (κ1) is 27.3. The molecule has 3 aromatic rings. The lowest BCUT2D eigenvalue weighted by molar-refractivity contribution is -0.137. The van der Waals surface area contributed by atoms with Crippen LogP contribution in [0.2, 0.25) is 0 Å². The third-order valence-electron chi connectivity index (χ3n) is 6.47. The van der Waals surface area contributed by atoms with Gasteiger partial charge < -0.3 is 19.5 Å². The van der Waals surface area contributed by atoms with Crippen molar-refractivity contribution >= 4 is 16.8 Å². The molecule has 2 N–H and O–H groups in total. The molecule has 3 heterocycles. The Kier molecular flexibility index (Phi) is 8.29. The van der Waals surface area contributed by atoms with Crippen molar-refractivity contribution in [3.05, 3.63) is 64.1 Å². The van der Waals surface area contributed by atoms with Gasteiger partial charge in [0.1, 0.15) is 18.1 Å². The molecule has 1 saturated heterocycles. The van der Waals surface area contributed by atoms with Gasteiger partial charge in [0.15, 0.2) is 5.82 Å². The van der Waals surface area contributed by atoms with Crippen LogP contribution in [-0.4, -0.2) is 66.0 Å². The van der Waals surface area contributed by atoms with Crippen LogP contribution in [0, 0.1) is 0 Å². The molecule has 0 radical (unpaired) electrons. The highest BCUT2D eigenvalue weighted by Gasteiger charge is 2.33. The molecule has 39 heavy (non-hydrogen) atoms. The van der Waals surface area contributed by atoms with E-state index in [1.54, 1.807) is 18.2 Å². The second kappa shape index (κ2) is 11.8. The summed E-state index contributed by atoms with van der Waals surface area (Å²) in [6.45, 7) is 2.36. The van der Waals surface area contributed by atoms with Crippen LogP contribution in [0.4, 0.5) is 13.2 Å². The highest BCUT2D eigenvalue weighted by Crippen LogP contribution is 2.35. The van der Waals surface area contributed by atoms with Crippen LogP contribution in [0.25, 0.3) is 11.4 Å². The van der Waals surface area contributed by atoms with E-state index in [4.69, 9.17) is 19.2 Å². The molecule has 2 unspecified atom stereocenters. The van der Waals surface area contributed by atoms with E-state index in [1.165, 1.54) is 31.0 Å². The van der Waals surface area contributed by atoms with Crippen molar-refractivity contribution in [1.82, 2.24) is 15.5 Å². The molecule has 1 fully saturated rings. The summed E-state index contributed by atoms with van der Waals surface area (Å²) in [6, 6.07) is 10.0. The van der Waals surface area contributed by atoms with Gasteiger partial charge in [-0.15, -0.1) is 0 Å². The van der Waals surface area contributed by atoms with Gasteiger partial charge in [-0.1, -0.05) is 29.1 Å². The molecular formula is C26H27F3N4O5S. The lowest BCUT2D eigenvalue weighted by Crippen LogP contribution is -2.37. The average molecular weight is 565 g/mol. The Morgan fingerprint density at radius 3 is 2.67 bits per heavy atom. The molecule has 13 heteroatoms. The number of nitrogens with zero attached hydrogens (tertiary/aromatic N) is 2. The van der Waals surface area contributed by atoms with Gasteiger partial charge in [-0.3, -0.25) is 14.5 Å². The number of alkyl halides is 3. The van der Waals surface area contributed by atoms with Gasteiger partial charge in [0.2, 0.25) is 0 Å². The maximum Gasteiger partial charge on any atom is 0.439 e. The standard InChI is InChI=1S/C26H27F3N4O5S/c1-35-21-11-17(8-9-19(21)23-32-25(34)38-33-23)37-14-22-20(13-30-12-18-3-2-10-36-18)31-24(39-22)15-4-6-16(7-5-15)26(27,28)29/h4-9,11,18,20,22,30H,2-3,10,12-14H2,1H3,(H,32,33,34)/t18-,20?,22?/m1/s1. The van der Waals surface area contributed by atoms with E-state index in [9.17, 15) is 18.0 Å². The summed E-state index contributed by atoms with van der Waals surface area (Å²) < 4.78 is 60.9. The Morgan fingerprint density at radius 1 is 1.18 bits per heavy atom. The van der Waals surface area contributed by atoms with Crippen LogP contribution in [-0.2, 0) is 10.9 Å². The zero-order valence-corrected chi connectivity index (χ0v) is 21.8.